The quantitative estimate of drug-likeness (QED) is 0.706. The second-order valence-electron chi connectivity index (χ2n) is 5.21. The molecule has 0 bridgehead atoms. The van der Waals surface area contributed by atoms with Gasteiger partial charge in [-0.1, -0.05) is 37.3 Å². The molecule has 21 heavy (non-hydrogen) atoms. The summed E-state index contributed by atoms with van der Waals surface area (Å²) in [4.78, 5) is 25.2. The van der Waals surface area contributed by atoms with Crippen molar-refractivity contribution in [3.63, 3.8) is 0 Å². The SMILES string of the molecule is CCC(N)c1ccc2c(c1N)C(=O)c1ccccc1C2=O. The van der Waals surface area contributed by atoms with Gasteiger partial charge in [0.2, 0.25) is 0 Å². The van der Waals surface area contributed by atoms with Crippen molar-refractivity contribution in [2.75, 3.05) is 5.73 Å². The fourth-order valence-electron chi connectivity index (χ4n) is 2.77. The van der Waals surface area contributed by atoms with E-state index < -0.39 is 0 Å². The van der Waals surface area contributed by atoms with Crippen molar-refractivity contribution in [3.8, 4) is 0 Å². The predicted molar refractivity (Wildman–Crippen MR) is 81.4 cm³/mol. The molecule has 0 spiro atoms. The fourth-order valence-corrected chi connectivity index (χ4v) is 2.77. The van der Waals surface area contributed by atoms with Crippen molar-refractivity contribution in [1.82, 2.24) is 0 Å². The summed E-state index contributed by atoms with van der Waals surface area (Å²) in [7, 11) is 0. The molecule has 0 aliphatic heterocycles. The van der Waals surface area contributed by atoms with Crippen molar-refractivity contribution in [3.05, 3.63) is 64.2 Å². The smallest absolute Gasteiger partial charge is 0.196 e. The van der Waals surface area contributed by atoms with Gasteiger partial charge in [0, 0.05) is 28.4 Å². The first-order valence-corrected chi connectivity index (χ1v) is 6.92. The number of hydrogen-bond acceptors (Lipinski definition) is 4. The Kier molecular flexibility index (Phi) is 3.11. The minimum Gasteiger partial charge on any atom is -0.398 e. The van der Waals surface area contributed by atoms with E-state index >= 15 is 0 Å². The predicted octanol–water partition coefficient (Wildman–Crippen LogP) is 2.45. The lowest BCUT2D eigenvalue weighted by Crippen LogP contribution is -2.24. The molecule has 2 aromatic carbocycles. The van der Waals surface area contributed by atoms with Gasteiger partial charge in [0.05, 0.1) is 5.56 Å². The van der Waals surface area contributed by atoms with Crippen LogP contribution in [0.3, 0.4) is 0 Å². The number of anilines is 1. The van der Waals surface area contributed by atoms with Crippen LogP contribution in [0, 0.1) is 0 Å². The molecule has 1 unspecified atom stereocenters. The van der Waals surface area contributed by atoms with Crippen LogP contribution in [0.25, 0.3) is 0 Å². The highest BCUT2D eigenvalue weighted by Gasteiger charge is 2.32. The summed E-state index contributed by atoms with van der Waals surface area (Å²) < 4.78 is 0. The Bertz CT molecular complexity index is 765. The zero-order valence-corrected chi connectivity index (χ0v) is 11.7. The summed E-state index contributed by atoms with van der Waals surface area (Å²) in [5.74, 6) is -0.369. The first-order valence-electron chi connectivity index (χ1n) is 6.92. The van der Waals surface area contributed by atoms with Crippen LogP contribution in [0.2, 0.25) is 0 Å². The van der Waals surface area contributed by atoms with Crippen LogP contribution in [0.15, 0.2) is 36.4 Å². The second kappa shape index (κ2) is 4.82. The molecular formula is C17H16N2O2. The van der Waals surface area contributed by atoms with E-state index in [-0.39, 0.29) is 17.6 Å². The zero-order chi connectivity index (χ0) is 15.1. The summed E-state index contributed by atoms with van der Waals surface area (Å²) in [6.07, 6.45) is 0.710. The number of hydrogen-bond donors (Lipinski definition) is 2. The van der Waals surface area contributed by atoms with Crippen molar-refractivity contribution >= 4 is 17.3 Å². The number of carbonyl (C=O) groups excluding carboxylic acids is 2. The molecule has 0 amide bonds. The number of fused-ring (bicyclic) bond motifs is 2. The van der Waals surface area contributed by atoms with Crippen molar-refractivity contribution in [2.24, 2.45) is 5.73 Å². The van der Waals surface area contributed by atoms with Crippen LogP contribution in [0.5, 0.6) is 0 Å². The van der Waals surface area contributed by atoms with E-state index in [9.17, 15) is 9.59 Å². The lowest BCUT2D eigenvalue weighted by molar-refractivity contribution is 0.0979. The first kappa shape index (κ1) is 13.5. The van der Waals surface area contributed by atoms with Gasteiger partial charge in [0.1, 0.15) is 0 Å². The summed E-state index contributed by atoms with van der Waals surface area (Å²) in [5, 5.41) is 0. The zero-order valence-electron chi connectivity index (χ0n) is 11.7. The van der Waals surface area contributed by atoms with Crippen molar-refractivity contribution in [2.45, 2.75) is 19.4 Å². The van der Waals surface area contributed by atoms with E-state index in [0.29, 0.717) is 34.4 Å². The van der Waals surface area contributed by atoms with Crippen LogP contribution < -0.4 is 11.5 Å². The molecule has 4 nitrogen and oxygen atoms in total. The molecular weight excluding hydrogens is 264 g/mol. The van der Waals surface area contributed by atoms with Crippen molar-refractivity contribution < 1.29 is 9.59 Å². The lowest BCUT2D eigenvalue weighted by Gasteiger charge is -2.22. The number of carbonyl (C=O) groups is 2. The number of nitrogen functional groups attached to an aromatic ring is 1. The van der Waals surface area contributed by atoms with E-state index in [0.717, 1.165) is 5.56 Å². The van der Waals surface area contributed by atoms with Gasteiger partial charge in [-0.15, -0.1) is 0 Å². The van der Waals surface area contributed by atoms with E-state index in [1.54, 1.807) is 36.4 Å². The fraction of sp³-hybridized carbons (Fsp3) is 0.176. The summed E-state index contributed by atoms with van der Waals surface area (Å²) in [6, 6.07) is 9.99. The standard InChI is InChI=1S/C17H16N2O2/c1-2-13(18)11-7-8-12-14(15(11)19)17(21)10-6-4-3-5-9(10)16(12)20/h3-8,13H,2,18-19H2,1H3. The average molecular weight is 280 g/mol. The van der Waals surface area contributed by atoms with E-state index in [1.807, 2.05) is 6.92 Å². The van der Waals surface area contributed by atoms with Crippen LogP contribution in [0.4, 0.5) is 5.69 Å². The normalized spacial score (nSPS) is 14.6. The molecule has 0 fully saturated rings. The third-order valence-electron chi connectivity index (χ3n) is 4.01. The molecule has 0 radical (unpaired) electrons. The summed E-state index contributed by atoms with van der Waals surface area (Å²) in [5.41, 5.74) is 14.7. The molecule has 3 rings (SSSR count). The van der Waals surface area contributed by atoms with Gasteiger partial charge >= 0.3 is 0 Å². The Labute approximate surface area is 122 Å². The Balaban J connectivity index is 2.26. The highest BCUT2D eigenvalue weighted by Crippen LogP contribution is 2.34. The summed E-state index contributed by atoms with van der Waals surface area (Å²) >= 11 is 0. The van der Waals surface area contributed by atoms with Crippen LogP contribution in [-0.2, 0) is 0 Å². The topological polar surface area (TPSA) is 86.2 Å². The highest BCUT2D eigenvalue weighted by molar-refractivity contribution is 6.30. The maximum absolute atomic E-state index is 12.7. The molecule has 4 N–H and O–H groups in total. The molecule has 0 aromatic heterocycles. The van der Waals surface area contributed by atoms with E-state index in [1.165, 1.54) is 0 Å². The van der Waals surface area contributed by atoms with Gasteiger partial charge in [0.25, 0.3) is 0 Å². The monoisotopic (exact) mass is 280 g/mol. The van der Waals surface area contributed by atoms with Gasteiger partial charge in [0.15, 0.2) is 11.6 Å². The van der Waals surface area contributed by atoms with Crippen LogP contribution in [-0.4, -0.2) is 11.6 Å². The highest BCUT2D eigenvalue weighted by atomic mass is 16.1. The Hall–Kier alpha value is -2.46. The summed E-state index contributed by atoms with van der Waals surface area (Å²) in [6.45, 7) is 1.95. The number of nitrogens with two attached hydrogens (primary N) is 2. The molecule has 1 atom stereocenters. The maximum atomic E-state index is 12.7. The van der Waals surface area contributed by atoms with Gasteiger partial charge in [-0.25, -0.2) is 0 Å². The third-order valence-corrected chi connectivity index (χ3v) is 4.01. The van der Waals surface area contributed by atoms with Gasteiger partial charge in [-0.3, -0.25) is 9.59 Å². The Morgan fingerprint density at radius 2 is 1.57 bits per heavy atom. The van der Waals surface area contributed by atoms with E-state index in [4.69, 9.17) is 11.5 Å². The van der Waals surface area contributed by atoms with Gasteiger partial charge in [-0.05, 0) is 18.1 Å². The van der Waals surface area contributed by atoms with Crippen molar-refractivity contribution in [1.29, 1.82) is 0 Å². The molecule has 1 aliphatic carbocycles. The van der Waals surface area contributed by atoms with Gasteiger partial charge in [-0.2, -0.15) is 0 Å². The molecule has 0 heterocycles. The number of rotatable bonds is 2. The Morgan fingerprint density at radius 3 is 2.19 bits per heavy atom. The molecule has 106 valence electrons. The number of ketones is 2. The molecule has 4 heteroatoms. The molecule has 2 aromatic rings. The third kappa shape index (κ3) is 1.87. The minimum atomic E-state index is -0.240. The number of benzene rings is 2. The second-order valence-corrected chi connectivity index (χ2v) is 5.21. The molecule has 1 aliphatic rings. The largest absolute Gasteiger partial charge is 0.398 e. The lowest BCUT2D eigenvalue weighted by atomic mass is 9.81. The van der Waals surface area contributed by atoms with Gasteiger partial charge < -0.3 is 11.5 Å². The maximum Gasteiger partial charge on any atom is 0.196 e. The Morgan fingerprint density at radius 1 is 0.952 bits per heavy atom. The first-order chi connectivity index (χ1) is 10.1. The van der Waals surface area contributed by atoms with Crippen LogP contribution >= 0.6 is 0 Å². The molecule has 0 saturated carbocycles. The minimum absolute atomic E-state index is 0.163. The van der Waals surface area contributed by atoms with Crippen LogP contribution in [0.1, 0.15) is 56.8 Å². The van der Waals surface area contributed by atoms with E-state index in [2.05, 4.69) is 0 Å². The molecule has 0 saturated heterocycles. The average Bonchev–Trinajstić information content (AvgIpc) is 2.51.